The molecule has 2 heterocycles. The molecule has 4 rings (SSSR count). The number of hydrogen-bond donors (Lipinski definition) is 0. The molecular weight excluding hydrogens is 350 g/mol. The Bertz CT molecular complexity index is 894. The van der Waals surface area contributed by atoms with Gasteiger partial charge in [0.2, 0.25) is 5.91 Å². The minimum Gasteiger partial charge on any atom is -0.492 e. The summed E-state index contributed by atoms with van der Waals surface area (Å²) in [7, 11) is 4.16. The van der Waals surface area contributed by atoms with Gasteiger partial charge in [0.05, 0.1) is 18.2 Å². The molecular formula is C23H27N3O2. The largest absolute Gasteiger partial charge is 0.492 e. The Hall–Kier alpha value is -2.66. The first kappa shape index (κ1) is 18.7. The van der Waals surface area contributed by atoms with Crippen LogP contribution in [-0.4, -0.2) is 48.8 Å². The molecule has 0 N–H and O–H groups in total. The third-order valence-corrected chi connectivity index (χ3v) is 5.80. The van der Waals surface area contributed by atoms with Crippen molar-refractivity contribution in [2.24, 2.45) is 11.0 Å². The molecule has 2 aromatic carbocycles. The molecule has 5 nitrogen and oxygen atoms in total. The fraction of sp³-hybridized carbons (Fsp3) is 0.391. The molecule has 2 aromatic rings. The predicted octanol–water partition coefficient (Wildman–Crippen LogP) is 3.50. The van der Waals surface area contributed by atoms with E-state index in [2.05, 4.69) is 31.1 Å². The summed E-state index contributed by atoms with van der Waals surface area (Å²) in [6.07, 6.45) is 1.80. The van der Waals surface area contributed by atoms with Gasteiger partial charge in [-0.1, -0.05) is 42.5 Å². The molecule has 0 saturated heterocycles. The second-order valence-electron chi connectivity index (χ2n) is 7.87. The van der Waals surface area contributed by atoms with Crippen molar-refractivity contribution in [3.8, 4) is 5.75 Å². The first-order chi connectivity index (χ1) is 13.5. The molecule has 0 saturated carbocycles. The molecule has 146 valence electrons. The Kier molecular flexibility index (Phi) is 4.94. The van der Waals surface area contributed by atoms with Crippen LogP contribution < -0.4 is 4.74 Å². The summed E-state index contributed by atoms with van der Waals surface area (Å²) in [5.74, 6) is 0.821. The van der Waals surface area contributed by atoms with Crippen molar-refractivity contribution < 1.29 is 9.53 Å². The number of amides is 1. The number of para-hydroxylation sites is 1. The van der Waals surface area contributed by atoms with E-state index < -0.39 is 5.54 Å². The lowest BCUT2D eigenvalue weighted by Crippen LogP contribution is -2.51. The van der Waals surface area contributed by atoms with E-state index in [1.54, 1.807) is 11.9 Å². The predicted molar refractivity (Wildman–Crippen MR) is 110 cm³/mol. The first-order valence-electron chi connectivity index (χ1n) is 9.86. The summed E-state index contributed by atoms with van der Waals surface area (Å²) in [6, 6.07) is 18.3. The molecule has 0 unspecified atom stereocenters. The highest BCUT2D eigenvalue weighted by Crippen LogP contribution is 2.49. The maximum atomic E-state index is 12.8. The average Bonchev–Trinajstić information content (AvgIpc) is 3.04. The van der Waals surface area contributed by atoms with E-state index in [-0.39, 0.29) is 11.8 Å². The molecule has 5 heteroatoms. The Morgan fingerprint density at radius 1 is 1.18 bits per heavy atom. The van der Waals surface area contributed by atoms with Crippen LogP contribution in [0.5, 0.6) is 5.75 Å². The minimum absolute atomic E-state index is 0.0101. The third kappa shape index (κ3) is 3.00. The van der Waals surface area contributed by atoms with Crippen molar-refractivity contribution in [3.63, 3.8) is 0 Å². The quantitative estimate of drug-likeness (QED) is 0.801. The number of hydrazone groups is 1. The van der Waals surface area contributed by atoms with Gasteiger partial charge in [0.15, 0.2) is 0 Å². The van der Waals surface area contributed by atoms with Gasteiger partial charge in [-0.2, -0.15) is 5.10 Å². The molecule has 0 aliphatic carbocycles. The fourth-order valence-electron chi connectivity index (χ4n) is 4.57. The van der Waals surface area contributed by atoms with E-state index in [0.29, 0.717) is 6.61 Å². The molecule has 2 aliphatic heterocycles. The Morgan fingerprint density at radius 2 is 1.89 bits per heavy atom. The second kappa shape index (κ2) is 7.40. The summed E-state index contributed by atoms with van der Waals surface area (Å²) in [4.78, 5) is 14.9. The molecule has 0 aromatic heterocycles. The first-order valence-corrected chi connectivity index (χ1v) is 9.86. The van der Waals surface area contributed by atoms with Crippen LogP contribution in [0.3, 0.4) is 0 Å². The van der Waals surface area contributed by atoms with E-state index >= 15 is 0 Å². The molecule has 0 bridgehead atoms. The van der Waals surface area contributed by atoms with Crippen molar-refractivity contribution in [2.75, 3.05) is 27.2 Å². The number of ether oxygens (including phenoxy) is 1. The zero-order valence-electron chi connectivity index (χ0n) is 16.8. The van der Waals surface area contributed by atoms with Gasteiger partial charge >= 0.3 is 0 Å². The van der Waals surface area contributed by atoms with E-state index in [1.807, 2.05) is 42.5 Å². The summed E-state index contributed by atoms with van der Waals surface area (Å²) in [5, 5.41) is 6.61. The molecule has 1 amide bonds. The lowest BCUT2D eigenvalue weighted by Gasteiger charge is -2.42. The highest BCUT2D eigenvalue weighted by molar-refractivity contribution is 6.08. The molecule has 2 aliphatic rings. The van der Waals surface area contributed by atoms with E-state index in [0.717, 1.165) is 42.0 Å². The van der Waals surface area contributed by atoms with Gasteiger partial charge in [0.1, 0.15) is 11.3 Å². The van der Waals surface area contributed by atoms with Crippen molar-refractivity contribution in [1.29, 1.82) is 0 Å². The summed E-state index contributed by atoms with van der Waals surface area (Å²) < 4.78 is 6.14. The van der Waals surface area contributed by atoms with Crippen LogP contribution >= 0.6 is 0 Å². The van der Waals surface area contributed by atoms with Gasteiger partial charge in [-0.3, -0.25) is 4.79 Å². The maximum Gasteiger partial charge on any atom is 0.240 e. The Labute approximate surface area is 166 Å². The standard InChI is InChI=1S/C23H27N3O2/c1-17(27)26-23(14-9-15-25(2)3,18-10-5-4-6-11-18)20-16-28-21-13-8-7-12-19(21)22(20)24-26/h4-8,10-13,20H,9,14-16H2,1-3H3/t20-,23+/m0/s1. The van der Waals surface area contributed by atoms with E-state index in [4.69, 9.17) is 9.84 Å². The lowest BCUT2D eigenvalue weighted by atomic mass is 9.71. The third-order valence-electron chi connectivity index (χ3n) is 5.80. The van der Waals surface area contributed by atoms with Crippen LogP contribution in [0.1, 0.15) is 30.9 Å². The molecule has 2 atom stereocenters. The molecule has 28 heavy (non-hydrogen) atoms. The van der Waals surface area contributed by atoms with Crippen molar-refractivity contribution in [2.45, 2.75) is 25.3 Å². The Morgan fingerprint density at radius 3 is 2.61 bits per heavy atom. The van der Waals surface area contributed by atoms with Crippen LogP contribution in [0.25, 0.3) is 0 Å². The van der Waals surface area contributed by atoms with E-state index in [1.165, 1.54) is 0 Å². The van der Waals surface area contributed by atoms with Crippen LogP contribution in [0.4, 0.5) is 0 Å². The van der Waals surface area contributed by atoms with E-state index in [9.17, 15) is 4.79 Å². The molecule has 0 radical (unpaired) electrons. The molecule has 0 spiro atoms. The number of fused-ring (bicyclic) bond motifs is 3. The smallest absolute Gasteiger partial charge is 0.240 e. The SMILES string of the molecule is CC(=O)N1N=C2c3ccccc3OC[C@@H]2[C@@]1(CCCN(C)C)c1ccccc1. The van der Waals surface area contributed by atoms with Gasteiger partial charge in [-0.25, -0.2) is 5.01 Å². The highest BCUT2D eigenvalue weighted by atomic mass is 16.5. The van der Waals surface area contributed by atoms with Crippen molar-refractivity contribution in [3.05, 3.63) is 65.7 Å². The molecule has 0 fully saturated rings. The topological polar surface area (TPSA) is 45.1 Å². The van der Waals surface area contributed by atoms with Gasteiger partial charge in [-0.05, 0) is 51.2 Å². The van der Waals surface area contributed by atoms with Crippen LogP contribution in [-0.2, 0) is 10.3 Å². The van der Waals surface area contributed by atoms with Crippen molar-refractivity contribution in [1.82, 2.24) is 9.91 Å². The second-order valence-corrected chi connectivity index (χ2v) is 7.87. The van der Waals surface area contributed by atoms with Gasteiger partial charge in [0.25, 0.3) is 0 Å². The van der Waals surface area contributed by atoms with Crippen molar-refractivity contribution >= 4 is 11.6 Å². The summed E-state index contributed by atoms with van der Waals surface area (Å²) >= 11 is 0. The minimum atomic E-state index is -0.522. The van der Waals surface area contributed by atoms with Crippen LogP contribution in [0.2, 0.25) is 0 Å². The number of carbonyl (C=O) groups is 1. The average molecular weight is 377 g/mol. The number of benzene rings is 2. The van der Waals surface area contributed by atoms with Crippen LogP contribution in [0.15, 0.2) is 59.7 Å². The summed E-state index contributed by atoms with van der Waals surface area (Å²) in [6.45, 7) is 3.09. The zero-order chi connectivity index (χ0) is 19.7. The van der Waals surface area contributed by atoms with Crippen LogP contribution in [0, 0.1) is 5.92 Å². The Balaban J connectivity index is 1.84. The van der Waals surface area contributed by atoms with Gasteiger partial charge < -0.3 is 9.64 Å². The van der Waals surface area contributed by atoms with Gasteiger partial charge in [0, 0.05) is 12.5 Å². The number of rotatable bonds is 5. The monoisotopic (exact) mass is 377 g/mol. The lowest BCUT2D eigenvalue weighted by molar-refractivity contribution is -0.136. The zero-order valence-corrected chi connectivity index (χ0v) is 16.8. The number of nitrogens with zero attached hydrogens (tertiary/aromatic N) is 3. The number of hydrogen-bond acceptors (Lipinski definition) is 4. The highest BCUT2D eigenvalue weighted by Gasteiger charge is 2.55. The number of carbonyl (C=O) groups excluding carboxylic acids is 1. The fourth-order valence-corrected chi connectivity index (χ4v) is 4.57. The normalized spacial score (nSPS) is 23.1. The maximum absolute atomic E-state index is 12.8. The summed E-state index contributed by atoms with van der Waals surface area (Å²) in [5.41, 5.74) is 2.56. The van der Waals surface area contributed by atoms with Gasteiger partial charge in [-0.15, -0.1) is 0 Å².